The predicted molar refractivity (Wildman–Crippen MR) is 164 cm³/mol. The predicted octanol–water partition coefficient (Wildman–Crippen LogP) is 4.86. The first-order chi connectivity index (χ1) is 19.2. The maximum absolute atomic E-state index is 13.7. The number of likely N-dealkylation sites (N-methyl/N-ethyl adjacent to an activating group) is 1. The molecular formula is C30H44ClN5O3S. The molecule has 1 fully saturated rings. The summed E-state index contributed by atoms with van der Waals surface area (Å²) in [6, 6.07) is 4.50. The smallest absolute Gasteiger partial charge is 0.247 e. The highest BCUT2D eigenvalue weighted by Gasteiger charge is 2.30. The van der Waals surface area contributed by atoms with E-state index in [-0.39, 0.29) is 36.1 Å². The third kappa shape index (κ3) is 9.56. The van der Waals surface area contributed by atoms with Crippen LogP contribution in [0.4, 0.5) is 0 Å². The molecule has 0 spiro atoms. The van der Waals surface area contributed by atoms with Crippen LogP contribution in [0.2, 0.25) is 5.02 Å². The summed E-state index contributed by atoms with van der Waals surface area (Å²) in [6.07, 6.45) is 6.68. The van der Waals surface area contributed by atoms with E-state index in [1.54, 1.807) is 6.07 Å². The molecule has 0 radical (unpaired) electrons. The number of amides is 3. The molecule has 8 nitrogen and oxygen atoms in total. The zero-order chi connectivity index (χ0) is 29.1. The van der Waals surface area contributed by atoms with Crippen LogP contribution in [0.15, 0.2) is 30.4 Å². The van der Waals surface area contributed by atoms with Gasteiger partial charge in [-0.2, -0.15) is 0 Å². The normalized spacial score (nSPS) is 15.5. The molecule has 1 aliphatic carbocycles. The van der Waals surface area contributed by atoms with Gasteiger partial charge in [0.1, 0.15) is 6.04 Å². The molecule has 3 amide bonds. The Morgan fingerprint density at radius 3 is 2.52 bits per heavy atom. The van der Waals surface area contributed by atoms with Crippen LogP contribution in [0, 0.1) is 5.92 Å². The van der Waals surface area contributed by atoms with Gasteiger partial charge in [-0.3, -0.25) is 19.3 Å². The van der Waals surface area contributed by atoms with Crippen molar-refractivity contribution in [1.82, 2.24) is 25.8 Å². The maximum atomic E-state index is 13.7. The lowest BCUT2D eigenvalue weighted by molar-refractivity contribution is -0.129. The fraction of sp³-hybridized carbons (Fsp3) is 0.600. The second-order valence-corrected chi connectivity index (χ2v) is 12.1. The van der Waals surface area contributed by atoms with Crippen LogP contribution in [0.25, 0.3) is 10.2 Å². The molecular weight excluding hydrogens is 546 g/mol. The molecule has 1 aliphatic rings. The van der Waals surface area contributed by atoms with E-state index < -0.39 is 6.04 Å². The molecule has 2 atom stereocenters. The summed E-state index contributed by atoms with van der Waals surface area (Å²) in [6.45, 7) is 12.6. The summed E-state index contributed by atoms with van der Waals surface area (Å²) < 4.78 is 0.939. The van der Waals surface area contributed by atoms with Gasteiger partial charge >= 0.3 is 0 Å². The van der Waals surface area contributed by atoms with Crippen LogP contribution < -0.4 is 16.0 Å². The Labute approximate surface area is 247 Å². The summed E-state index contributed by atoms with van der Waals surface area (Å²) in [5, 5.41) is 10.5. The highest BCUT2D eigenvalue weighted by atomic mass is 35.5. The Morgan fingerprint density at radius 1 is 1.12 bits per heavy atom. The zero-order valence-electron chi connectivity index (χ0n) is 24.1. The SMILES string of the molecule is C=C(CN(CC)CC)C(=O)NC[C@@H](NC(=O)[C@H](Cc1nc2ccc(Cl)cc2s1)NC(=O)CCC)C1CCCCC1. The number of hydrogen-bond acceptors (Lipinski definition) is 6. The Hall–Kier alpha value is -2.49. The third-order valence-corrected chi connectivity index (χ3v) is 8.84. The van der Waals surface area contributed by atoms with Crippen molar-refractivity contribution in [3.63, 3.8) is 0 Å². The maximum Gasteiger partial charge on any atom is 0.247 e. The van der Waals surface area contributed by atoms with Gasteiger partial charge in [0.2, 0.25) is 17.7 Å². The summed E-state index contributed by atoms with van der Waals surface area (Å²) in [5.74, 6) is -0.357. The molecule has 3 N–H and O–H groups in total. The zero-order valence-corrected chi connectivity index (χ0v) is 25.6. The number of nitrogens with zero attached hydrogens (tertiary/aromatic N) is 2. The molecule has 0 saturated heterocycles. The van der Waals surface area contributed by atoms with Crippen molar-refractivity contribution in [3.05, 3.63) is 40.4 Å². The molecule has 3 rings (SSSR count). The van der Waals surface area contributed by atoms with E-state index in [1.807, 2.05) is 19.1 Å². The number of carbonyl (C=O) groups is 3. The van der Waals surface area contributed by atoms with Crippen LogP contribution in [-0.2, 0) is 20.8 Å². The van der Waals surface area contributed by atoms with E-state index >= 15 is 0 Å². The van der Waals surface area contributed by atoms with Crippen LogP contribution in [0.3, 0.4) is 0 Å². The van der Waals surface area contributed by atoms with Gasteiger partial charge < -0.3 is 16.0 Å². The van der Waals surface area contributed by atoms with E-state index in [2.05, 4.69) is 46.3 Å². The van der Waals surface area contributed by atoms with Crippen LogP contribution in [-0.4, -0.2) is 65.9 Å². The van der Waals surface area contributed by atoms with Crippen molar-refractivity contribution < 1.29 is 14.4 Å². The molecule has 2 aromatic rings. The largest absolute Gasteiger partial charge is 0.350 e. The molecule has 1 saturated carbocycles. The highest BCUT2D eigenvalue weighted by Crippen LogP contribution is 2.28. The van der Waals surface area contributed by atoms with Gasteiger partial charge in [0.25, 0.3) is 0 Å². The second kappa shape index (κ2) is 16.1. The van der Waals surface area contributed by atoms with Gasteiger partial charge in [-0.05, 0) is 56.5 Å². The van der Waals surface area contributed by atoms with Gasteiger partial charge in [-0.1, -0.05) is 58.2 Å². The summed E-state index contributed by atoms with van der Waals surface area (Å²) >= 11 is 7.62. The van der Waals surface area contributed by atoms with Crippen molar-refractivity contribution in [1.29, 1.82) is 0 Å². The second-order valence-electron chi connectivity index (χ2n) is 10.6. The molecule has 0 aliphatic heterocycles. The minimum atomic E-state index is -0.769. The standard InChI is InChI=1S/C30H44ClN5O3S/c1-5-11-27(37)33-24(17-28-34-23-15-14-22(31)16-26(23)40-28)30(39)35-25(21-12-9-8-10-13-21)18-32-29(38)20(4)19-36(6-2)7-3/h14-16,21,24-25H,4-13,17-19H2,1-3H3,(H,32,38)(H,33,37)(H,35,39)/t24-,25+/m0/s1. The third-order valence-electron chi connectivity index (χ3n) is 7.56. The lowest BCUT2D eigenvalue weighted by atomic mass is 9.83. The van der Waals surface area contributed by atoms with Gasteiger partial charge in [0.15, 0.2) is 0 Å². The van der Waals surface area contributed by atoms with E-state index in [0.29, 0.717) is 36.5 Å². The van der Waals surface area contributed by atoms with Gasteiger partial charge in [0, 0.05) is 42.6 Å². The Kier molecular flexibility index (Phi) is 12.9. The Bertz CT molecular complexity index is 1160. The van der Waals surface area contributed by atoms with Gasteiger partial charge in [0.05, 0.1) is 15.2 Å². The topological polar surface area (TPSA) is 103 Å². The number of thiazole rings is 1. The van der Waals surface area contributed by atoms with Crippen molar-refractivity contribution >= 4 is 50.9 Å². The minimum Gasteiger partial charge on any atom is -0.350 e. The summed E-state index contributed by atoms with van der Waals surface area (Å²) in [7, 11) is 0. The molecule has 40 heavy (non-hydrogen) atoms. The molecule has 1 heterocycles. The van der Waals surface area contributed by atoms with E-state index in [4.69, 9.17) is 11.6 Å². The number of aromatic nitrogens is 1. The van der Waals surface area contributed by atoms with E-state index in [0.717, 1.165) is 54.0 Å². The number of hydrogen-bond donors (Lipinski definition) is 3. The molecule has 1 aromatic heterocycles. The van der Waals surface area contributed by atoms with E-state index in [9.17, 15) is 14.4 Å². The first-order valence-electron chi connectivity index (χ1n) is 14.6. The molecule has 1 aromatic carbocycles. The van der Waals surface area contributed by atoms with Crippen LogP contribution in [0.5, 0.6) is 0 Å². The average Bonchev–Trinajstić information content (AvgIpc) is 3.35. The Morgan fingerprint density at radius 2 is 1.85 bits per heavy atom. The van der Waals surface area contributed by atoms with Crippen molar-refractivity contribution in [2.75, 3.05) is 26.2 Å². The van der Waals surface area contributed by atoms with Crippen molar-refractivity contribution in [2.24, 2.45) is 5.92 Å². The fourth-order valence-corrected chi connectivity index (χ4v) is 6.47. The average molecular weight is 590 g/mol. The lowest BCUT2D eigenvalue weighted by Crippen LogP contribution is -2.55. The number of nitrogens with one attached hydrogen (secondary N) is 3. The first kappa shape index (κ1) is 32.0. The van der Waals surface area contributed by atoms with Crippen molar-refractivity contribution in [2.45, 2.75) is 84.2 Å². The molecule has 0 unspecified atom stereocenters. The number of fused-ring (bicyclic) bond motifs is 1. The first-order valence-corrected chi connectivity index (χ1v) is 15.8. The van der Waals surface area contributed by atoms with E-state index in [1.165, 1.54) is 17.8 Å². The van der Waals surface area contributed by atoms with Crippen LogP contribution >= 0.6 is 22.9 Å². The lowest BCUT2D eigenvalue weighted by Gasteiger charge is -2.32. The summed E-state index contributed by atoms with van der Waals surface area (Å²) in [4.78, 5) is 46.0. The molecule has 0 bridgehead atoms. The fourth-order valence-electron chi connectivity index (χ4n) is 5.18. The minimum absolute atomic E-state index is 0.165. The molecule has 220 valence electrons. The monoisotopic (exact) mass is 589 g/mol. The molecule has 10 heteroatoms. The number of rotatable bonds is 15. The highest BCUT2D eigenvalue weighted by molar-refractivity contribution is 7.18. The number of halogens is 1. The summed E-state index contributed by atoms with van der Waals surface area (Å²) in [5.41, 5.74) is 1.33. The van der Waals surface area contributed by atoms with Crippen molar-refractivity contribution in [3.8, 4) is 0 Å². The number of carbonyl (C=O) groups excluding carboxylic acids is 3. The Balaban J connectivity index is 1.73. The van der Waals surface area contributed by atoms with Crippen LogP contribution in [0.1, 0.15) is 70.7 Å². The van der Waals surface area contributed by atoms with Gasteiger partial charge in [-0.15, -0.1) is 11.3 Å². The van der Waals surface area contributed by atoms with Gasteiger partial charge in [-0.25, -0.2) is 4.98 Å². The number of benzene rings is 1. The quantitative estimate of drug-likeness (QED) is 0.258.